The van der Waals surface area contributed by atoms with Crippen molar-refractivity contribution in [2.45, 2.75) is 12.8 Å². The van der Waals surface area contributed by atoms with Gasteiger partial charge in [-0.25, -0.2) is 18.0 Å². The molecular formula is C16H9ClF3NO6. The molecule has 0 bridgehead atoms. The number of carboxylic acids is 1. The monoisotopic (exact) mass is 403 g/mol. The summed E-state index contributed by atoms with van der Waals surface area (Å²) in [6.07, 6.45) is 0.335. The van der Waals surface area contributed by atoms with Crippen LogP contribution in [0.1, 0.15) is 28.8 Å². The summed E-state index contributed by atoms with van der Waals surface area (Å²) in [6, 6.07) is 2.10. The third-order valence-electron chi connectivity index (χ3n) is 3.52. The first kappa shape index (κ1) is 20.2. The van der Waals surface area contributed by atoms with Crippen LogP contribution < -0.4 is 4.74 Å². The van der Waals surface area contributed by atoms with Crippen LogP contribution in [0.2, 0.25) is 5.02 Å². The minimum atomic E-state index is -1.84. The number of benzene rings is 2. The van der Waals surface area contributed by atoms with Gasteiger partial charge in [0.2, 0.25) is 0 Å². The molecule has 0 saturated heterocycles. The Morgan fingerprint density at radius 1 is 1.30 bits per heavy atom. The number of carbonyl (C=O) groups excluding carboxylic acids is 1. The highest BCUT2D eigenvalue weighted by atomic mass is 35.5. The summed E-state index contributed by atoms with van der Waals surface area (Å²) < 4.78 is 45.2. The second kappa shape index (κ2) is 7.62. The third-order valence-corrected chi connectivity index (χ3v) is 3.87. The average molecular weight is 404 g/mol. The molecule has 11 heteroatoms. The summed E-state index contributed by atoms with van der Waals surface area (Å²) in [5.41, 5.74) is -1.96. The van der Waals surface area contributed by atoms with Crippen molar-refractivity contribution in [1.29, 1.82) is 0 Å². The van der Waals surface area contributed by atoms with Crippen molar-refractivity contribution < 1.29 is 37.5 Å². The fraction of sp³-hybridized carbons (Fsp3) is 0.125. The fourth-order valence-corrected chi connectivity index (χ4v) is 2.40. The maximum absolute atomic E-state index is 13.5. The molecule has 0 aliphatic carbocycles. The normalized spacial score (nSPS) is 11.7. The van der Waals surface area contributed by atoms with Crippen molar-refractivity contribution in [3.8, 4) is 11.5 Å². The summed E-state index contributed by atoms with van der Waals surface area (Å²) in [4.78, 5) is 32.7. The smallest absolute Gasteiger partial charge is 0.342 e. The summed E-state index contributed by atoms with van der Waals surface area (Å²) in [6.45, 7) is 1.27. The number of hydrogen-bond acceptors (Lipinski definition) is 5. The number of ether oxygens (including phenoxy) is 1. The molecule has 7 nitrogen and oxygen atoms in total. The summed E-state index contributed by atoms with van der Waals surface area (Å²) >= 11 is 5.55. The molecule has 0 aliphatic heterocycles. The summed E-state index contributed by atoms with van der Waals surface area (Å²) in [5, 5.41) is 19.5. The van der Waals surface area contributed by atoms with E-state index in [0.717, 1.165) is 12.1 Å². The Kier molecular flexibility index (Phi) is 5.69. The average Bonchev–Trinajstić information content (AvgIpc) is 2.62. The number of rotatable bonds is 6. The molecule has 0 spiro atoms. The summed E-state index contributed by atoms with van der Waals surface area (Å²) in [7, 11) is 0. The van der Waals surface area contributed by atoms with Crippen molar-refractivity contribution in [3.05, 3.63) is 61.9 Å². The van der Waals surface area contributed by atoms with Crippen molar-refractivity contribution in [3.63, 3.8) is 0 Å². The van der Waals surface area contributed by atoms with Crippen LogP contribution in [-0.4, -0.2) is 22.3 Å². The van der Waals surface area contributed by atoms with Crippen molar-refractivity contribution in [2.24, 2.45) is 0 Å². The number of carboxylic acid groups (broad SMARTS) is 1. The first-order chi connectivity index (χ1) is 12.6. The largest absolute Gasteiger partial charge is 0.477 e. The number of nitro benzene ring substituents is 1. The molecule has 0 aromatic heterocycles. The molecule has 1 unspecified atom stereocenters. The van der Waals surface area contributed by atoms with Gasteiger partial charge in [-0.15, -0.1) is 0 Å². The van der Waals surface area contributed by atoms with E-state index in [4.69, 9.17) is 16.3 Å². The van der Waals surface area contributed by atoms with Gasteiger partial charge in [0.05, 0.1) is 4.92 Å². The molecule has 0 heterocycles. The van der Waals surface area contributed by atoms with Gasteiger partial charge in [0.25, 0.3) is 5.69 Å². The van der Waals surface area contributed by atoms with Gasteiger partial charge in [-0.05, 0) is 6.07 Å². The summed E-state index contributed by atoms with van der Waals surface area (Å²) in [5.74, 6) is -9.07. The number of carbonyl (C=O) groups is 2. The molecule has 0 radical (unpaired) electrons. The second-order valence-electron chi connectivity index (χ2n) is 5.30. The molecule has 0 fully saturated rings. The van der Waals surface area contributed by atoms with E-state index in [1.807, 2.05) is 0 Å². The van der Waals surface area contributed by atoms with E-state index in [9.17, 15) is 38.0 Å². The molecule has 0 aliphatic rings. The molecule has 2 rings (SSSR count). The Hall–Kier alpha value is -3.14. The van der Waals surface area contributed by atoms with Crippen LogP contribution in [0.3, 0.4) is 0 Å². The van der Waals surface area contributed by atoms with Gasteiger partial charge in [-0.1, -0.05) is 18.5 Å². The zero-order chi connectivity index (χ0) is 20.5. The van der Waals surface area contributed by atoms with E-state index in [2.05, 4.69) is 0 Å². The van der Waals surface area contributed by atoms with Crippen LogP contribution in [-0.2, 0) is 4.79 Å². The molecule has 27 heavy (non-hydrogen) atoms. The Labute approximate surface area is 154 Å². The highest BCUT2D eigenvalue weighted by molar-refractivity contribution is 6.32. The highest BCUT2D eigenvalue weighted by Gasteiger charge is 2.29. The van der Waals surface area contributed by atoms with Crippen LogP contribution in [0.25, 0.3) is 0 Å². The standard InChI is InChI=1S/C16H9ClF3NO6/c1-6(5-22)8-2-7(3-9(16(23)24)15(8)21(25)26)27-11-4-10(18)13(19)14(20)12(11)17/h2-6H,1H3,(H,23,24). The lowest BCUT2D eigenvalue weighted by molar-refractivity contribution is -0.386. The molecule has 2 aromatic carbocycles. The Bertz CT molecular complexity index is 966. The van der Waals surface area contributed by atoms with Gasteiger partial charge in [0.15, 0.2) is 23.2 Å². The van der Waals surface area contributed by atoms with E-state index in [-0.39, 0.29) is 5.56 Å². The number of halogens is 4. The van der Waals surface area contributed by atoms with Gasteiger partial charge in [-0.3, -0.25) is 10.1 Å². The topological polar surface area (TPSA) is 107 Å². The molecule has 142 valence electrons. The molecule has 2 aromatic rings. The van der Waals surface area contributed by atoms with E-state index in [0.29, 0.717) is 12.4 Å². The third kappa shape index (κ3) is 3.85. The molecule has 0 saturated carbocycles. The lowest BCUT2D eigenvalue weighted by Crippen LogP contribution is -2.09. The zero-order valence-electron chi connectivity index (χ0n) is 13.3. The van der Waals surface area contributed by atoms with Crippen LogP contribution in [0.5, 0.6) is 11.5 Å². The molecule has 1 N–H and O–H groups in total. The number of hydrogen-bond donors (Lipinski definition) is 1. The molecule has 0 amide bonds. The van der Waals surface area contributed by atoms with Crippen LogP contribution in [0.15, 0.2) is 18.2 Å². The lowest BCUT2D eigenvalue weighted by Gasteiger charge is -2.13. The SMILES string of the molecule is CC(C=O)c1cc(Oc2cc(F)c(F)c(F)c2Cl)cc(C(=O)O)c1[N+](=O)[O-]. The van der Waals surface area contributed by atoms with E-state index in [1.54, 1.807) is 0 Å². The van der Waals surface area contributed by atoms with Gasteiger partial charge < -0.3 is 14.6 Å². The minimum absolute atomic E-state index is 0.302. The van der Waals surface area contributed by atoms with Crippen LogP contribution >= 0.6 is 11.6 Å². The fourth-order valence-electron chi connectivity index (χ4n) is 2.23. The number of nitrogens with zero attached hydrogens (tertiary/aromatic N) is 1. The van der Waals surface area contributed by atoms with Crippen molar-refractivity contribution in [1.82, 2.24) is 0 Å². The number of aromatic carboxylic acids is 1. The zero-order valence-corrected chi connectivity index (χ0v) is 14.1. The molecular weight excluding hydrogens is 395 g/mol. The first-order valence-corrected chi connectivity index (χ1v) is 7.48. The lowest BCUT2D eigenvalue weighted by atomic mass is 9.97. The Morgan fingerprint density at radius 2 is 1.93 bits per heavy atom. The Morgan fingerprint density at radius 3 is 2.44 bits per heavy atom. The molecule has 1 atom stereocenters. The maximum Gasteiger partial charge on any atom is 0.342 e. The van der Waals surface area contributed by atoms with Crippen LogP contribution in [0, 0.1) is 27.6 Å². The van der Waals surface area contributed by atoms with Crippen LogP contribution in [0.4, 0.5) is 18.9 Å². The predicted octanol–water partition coefficient (Wildman–Crippen LogP) is 4.46. The second-order valence-corrected chi connectivity index (χ2v) is 5.67. The maximum atomic E-state index is 13.5. The minimum Gasteiger partial charge on any atom is -0.477 e. The van der Waals surface area contributed by atoms with Gasteiger partial charge in [0.1, 0.15) is 22.6 Å². The van der Waals surface area contributed by atoms with Gasteiger partial charge in [-0.2, -0.15) is 0 Å². The highest BCUT2D eigenvalue weighted by Crippen LogP contribution is 2.38. The van der Waals surface area contributed by atoms with Crippen molar-refractivity contribution >= 4 is 29.5 Å². The first-order valence-electron chi connectivity index (χ1n) is 7.10. The predicted molar refractivity (Wildman–Crippen MR) is 85.9 cm³/mol. The van der Waals surface area contributed by atoms with E-state index >= 15 is 0 Å². The van der Waals surface area contributed by atoms with Gasteiger partial charge in [0, 0.05) is 23.6 Å². The van der Waals surface area contributed by atoms with E-state index < -0.39 is 62.0 Å². The quantitative estimate of drug-likeness (QED) is 0.251. The Balaban J connectivity index is 2.69. The van der Waals surface area contributed by atoms with E-state index in [1.165, 1.54) is 6.92 Å². The van der Waals surface area contributed by atoms with Gasteiger partial charge >= 0.3 is 5.97 Å². The number of nitro groups is 1. The van der Waals surface area contributed by atoms with Crippen molar-refractivity contribution in [2.75, 3.05) is 0 Å². The number of aldehydes is 1.